The zero-order valence-corrected chi connectivity index (χ0v) is 9.63. The van der Waals surface area contributed by atoms with Crippen LogP contribution in [0.5, 0.6) is 0 Å². The Kier molecular flexibility index (Phi) is 5.49. The summed E-state index contributed by atoms with van der Waals surface area (Å²) >= 11 is 0. The number of rotatable bonds is 5. The zero-order valence-electron chi connectivity index (χ0n) is 9.63. The van der Waals surface area contributed by atoms with Crippen LogP contribution in [0.15, 0.2) is 0 Å². The molecular formula is C12H25NO. The van der Waals surface area contributed by atoms with Crippen LogP contribution in [0.1, 0.15) is 46.0 Å². The second-order valence-corrected chi connectivity index (χ2v) is 4.72. The zero-order chi connectivity index (χ0) is 10.4. The van der Waals surface area contributed by atoms with Crippen molar-refractivity contribution in [3.8, 4) is 0 Å². The van der Waals surface area contributed by atoms with E-state index in [0.717, 1.165) is 24.8 Å². The van der Waals surface area contributed by atoms with Crippen molar-refractivity contribution in [2.24, 2.45) is 11.8 Å². The van der Waals surface area contributed by atoms with E-state index in [1.54, 1.807) is 0 Å². The molecule has 1 fully saturated rings. The molecule has 3 atom stereocenters. The summed E-state index contributed by atoms with van der Waals surface area (Å²) in [7, 11) is 0. The highest BCUT2D eigenvalue weighted by molar-refractivity contribution is 4.82. The van der Waals surface area contributed by atoms with Crippen LogP contribution < -0.4 is 5.32 Å². The van der Waals surface area contributed by atoms with Gasteiger partial charge in [-0.1, -0.05) is 20.3 Å². The molecule has 0 saturated heterocycles. The van der Waals surface area contributed by atoms with E-state index in [1.165, 1.54) is 25.7 Å². The Morgan fingerprint density at radius 3 is 2.79 bits per heavy atom. The summed E-state index contributed by atoms with van der Waals surface area (Å²) in [5.74, 6) is 1.77. The molecule has 2 nitrogen and oxygen atoms in total. The van der Waals surface area contributed by atoms with E-state index in [9.17, 15) is 0 Å². The van der Waals surface area contributed by atoms with E-state index >= 15 is 0 Å². The Morgan fingerprint density at radius 2 is 2.14 bits per heavy atom. The number of hydrogen-bond acceptors (Lipinski definition) is 2. The van der Waals surface area contributed by atoms with E-state index in [-0.39, 0.29) is 0 Å². The van der Waals surface area contributed by atoms with Gasteiger partial charge in [-0.25, -0.2) is 0 Å². The van der Waals surface area contributed by atoms with Gasteiger partial charge in [0.1, 0.15) is 0 Å². The molecule has 0 heterocycles. The van der Waals surface area contributed by atoms with Crippen LogP contribution in [-0.4, -0.2) is 24.3 Å². The van der Waals surface area contributed by atoms with Crippen molar-refractivity contribution in [2.75, 3.05) is 13.2 Å². The average molecular weight is 199 g/mol. The van der Waals surface area contributed by atoms with E-state index in [4.69, 9.17) is 5.11 Å². The van der Waals surface area contributed by atoms with Gasteiger partial charge in [0.25, 0.3) is 0 Å². The first-order chi connectivity index (χ1) is 6.77. The lowest BCUT2D eigenvalue weighted by atomic mass is 9.77. The van der Waals surface area contributed by atoms with Gasteiger partial charge in [-0.15, -0.1) is 0 Å². The molecule has 0 aromatic heterocycles. The van der Waals surface area contributed by atoms with Crippen LogP contribution in [0.3, 0.4) is 0 Å². The maximum absolute atomic E-state index is 8.72. The Bertz CT molecular complexity index is 149. The molecule has 0 aromatic carbocycles. The Hall–Kier alpha value is -0.0800. The topological polar surface area (TPSA) is 32.3 Å². The summed E-state index contributed by atoms with van der Waals surface area (Å²) in [5.41, 5.74) is 0. The van der Waals surface area contributed by atoms with Gasteiger partial charge >= 0.3 is 0 Å². The Labute approximate surface area is 88.1 Å². The molecule has 3 unspecified atom stereocenters. The van der Waals surface area contributed by atoms with Gasteiger partial charge in [-0.3, -0.25) is 0 Å². The molecule has 2 heteroatoms. The fraction of sp³-hybridized carbons (Fsp3) is 1.00. The molecule has 0 radical (unpaired) electrons. The second-order valence-electron chi connectivity index (χ2n) is 4.72. The number of aliphatic hydroxyl groups is 1. The highest BCUT2D eigenvalue weighted by atomic mass is 16.3. The standard InChI is InChI=1S/C12H25NO/c1-3-11-9-10(2)5-6-12(11)13-7-4-8-14/h10-14H,3-9H2,1-2H3. The van der Waals surface area contributed by atoms with Crippen molar-refractivity contribution in [1.29, 1.82) is 0 Å². The maximum Gasteiger partial charge on any atom is 0.0443 e. The molecule has 0 amide bonds. The predicted molar refractivity (Wildman–Crippen MR) is 60.3 cm³/mol. The summed E-state index contributed by atoms with van der Waals surface area (Å²) in [6.45, 7) is 5.95. The van der Waals surface area contributed by atoms with E-state index in [0.29, 0.717) is 12.6 Å². The van der Waals surface area contributed by atoms with Gasteiger partial charge in [0, 0.05) is 12.6 Å². The van der Waals surface area contributed by atoms with Gasteiger partial charge < -0.3 is 10.4 Å². The number of nitrogens with one attached hydrogen (secondary N) is 1. The Balaban J connectivity index is 2.27. The van der Waals surface area contributed by atoms with Gasteiger partial charge in [-0.2, -0.15) is 0 Å². The molecule has 0 bridgehead atoms. The van der Waals surface area contributed by atoms with Gasteiger partial charge in [0.2, 0.25) is 0 Å². The molecule has 2 N–H and O–H groups in total. The van der Waals surface area contributed by atoms with Crippen molar-refractivity contribution in [3.05, 3.63) is 0 Å². The summed E-state index contributed by atoms with van der Waals surface area (Å²) in [5, 5.41) is 12.3. The normalized spacial score (nSPS) is 33.2. The third-order valence-electron chi connectivity index (χ3n) is 3.51. The highest BCUT2D eigenvalue weighted by Gasteiger charge is 2.26. The average Bonchev–Trinajstić information content (AvgIpc) is 2.20. The maximum atomic E-state index is 8.72. The minimum absolute atomic E-state index is 0.312. The summed E-state index contributed by atoms with van der Waals surface area (Å²) < 4.78 is 0. The van der Waals surface area contributed by atoms with Crippen LogP contribution in [-0.2, 0) is 0 Å². The molecule has 0 aliphatic heterocycles. The van der Waals surface area contributed by atoms with Gasteiger partial charge in [0.05, 0.1) is 0 Å². The molecule has 0 aromatic rings. The summed E-state index contributed by atoms with van der Waals surface area (Å²) in [6, 6.07) is 0.711. The summed E-state index contributed by atoms with van der Waals surface area (Å²) in [4.78, 5) is 0. The first-order valence-electron chi connectivity index (χ1n) is 6.12. The molecule has 0 spiro atoms. The minimum atomic E-state index is 0.312. The molecule has 1 aliphatic carbocycles. The van der Waals surface area contributed by atoms with Crippen molar-refractivity contribution < 1.29 is 5.11 Å². The van der Waals surface area contributed by atoms with E-state index in [2.05, 4.69) is 19.2 Å². The first kappa shape index (κ1) is 12.0. The lowest BCUT2D eigenvalue weighted by Gasteiger charge is -2.35. The predicted octanol–water partition coefficient (Wildman–Crippen LogP) is 2.17. The van der Waals surface area contributed by atoms with Gasteiger partial charge in [-0.05, 0) is 44.1 Å². The molecule has 1 saturated carbocycles. The molecule has 1 rings (SSSR count). The minimum Gasteiger partial charge on any atom is -0.396 e. The second kappa shape index (κ2) is 6.41. The van der Waals surface area contributed by atoms with Crippen molar-refractivity contribution >= 4 is 0 Å². The SMILES string of the molecule is CCC1CC(C)CCC1NCCCO. The first-order valence-corrected chi connectivity index (χ1v) is 6.12. The molecule has 1 aliphatic rings. The lowest BCUT2D eigenvalue weighted by molar-refractivity contribution is 0.202. The van der Waals surface area contributed by atoms with E-state index in [1.807, 2.05) is 0 Å². The fourth-order valence-electron chi connectivity index (χ4n) is 2.59. The van der Waals surface area contributed by atoms with Crippen molar-refractivity contribution in [3.63, 3.8) is 0 Å². The largest absolute Gasteiger partial charge is 0.396 e. The number of aliphatic hydroxyl groups excluding tert-OH is 1. The lowest BCUT2D eigenvalue weighted by Crippen LogP contribution is -2.40. The highest BCUT2D eigenvalue weighted by Crippen LogP contribution is 2.30. The van der Waals surface area contributed by atoms with Crippen LogP contribution in [0, 0.1) is 11.8 Å². The van der Waals surface area contributed by atoms with Gasteiger partial charge in [0.15, 0.2) is 0 Å². The van der Waals surface area contributed by atoms with Crippen LogP contribution in [0.4, 0.5) is 0 Å². The smallest absolute Gasteiger partial charge is 0.0443 e. The van der Waals surface area contributed by atoms with E-state index < -0.39 is 0 Å². The fourth-order valence-corrected chi connectivity index (χ4v) is 2.59. The van der Waals surface area contributed by atoms with Crippen LogP contribution in [0.25, 0.3) is 0 Å². The summed E-state index contributed by atoms with van der Waals surface area (Å²) in [6.07, 6.45) is 6.26. The molecule has 14 heavy (non-hydrogen) atoms. The van der Waals surface area contributed by atoms with Crippen molar-refractivity contribution in [1.82, 2.24) is 5.32 Å². The van der Waals surface area contributed by atoms with Crippen LogP contribution in [0.2, 0.25) is 0 Å². The number of hydrogen-bond donors (Lipinski definition) is 2. The quantitative estimate of drug-likeness (QED) is 0.665. The molecule has 84 valence electrons. The third kappa shape index (κ3) is 3.58. The Morgan fingerprint density at radius 1 is 1.36 bits per heavy atom. The van der Waals surface area contributed by atoms with Crippen molar-refractivity contribution in [2.45, 2.75) is 52.0 Å². The molecular weight excluding hydrogens is 174 g/mol. The monoisotopic (exact) mass is 199 g/mol. The third-order valence-corrected chi connectivity index (χ3v) is 3.51. The van der Waals surface area contributed by atoms with Crippen LogP contribution >= 0.6 is 0 Å².